The van der Waals surface area contributed by atoms with Gasteiger partial charge in [0, 0.05) is 11.3 Å². The Morgan fingerprint density at radius 1 is 1.00 bits per heavy atom. The minimum absolute atomic E-state index is 0.257. The van der Waals surface area contributed by atoms with E-state index >= 15 is 0 Å². The average molecular weight is 378 g/mol. The van der Waals surface area contributed by atoms with Crippen LogP contribution in [0, 0.1) is 0 Å². The number of unbranched alkanes of at least 4 members (excludes halogenated alkanes) is 1. The van der Waals surface area contributed by atoms with Gasteiger partial charge in [-0.25, -0.2) is 0 Å². The molecule has 0 heterocycles. The Hall–Kier alpha value is -2.92. The number of amides is 1. The minimum Gasteiger partial charge on any atom is -0.494 e. The largest absolute Gasteiger partial charge is 0.494 e. The Kier molecular flexibility index (Phi) is 6.39. The second-order valence-electron chi connectivity index (χ2n) is 6.20. The van der Waals surface area contributed by atoms with Gasteiger partial charge in [0.15, 0.2) is 5.11 Å². The molecule has 0 atom stereocenters. The van der Waals surface area contributed by atoms with Gasteiger partial charge >= 0.3 is 0 Å². The molecule has 0 aliphatic carbocycles. The second kappa shape index (κ2) is 9.14. The highest BCUT2D eigenvalue weighted by molar-refractivity contribution is 7.80. The maximum atomic E-state index is 12.4. The van der Waals surface area contributed by atoms with Gasteiger partial charge in [-0.15, -0.1) is 0 Å². The first kappa shape index (κ1) is 18.9. The third-order valence-corrected chi connectivity index (χ3v) is 4.30. The lowest BCUT2D eigenvalue weighted by Crippen LogP contribution is -2.34. The van der Waals surface area contributed by atoms with E-state index < -0.39 is 0 Å². The Morgan fingerprint density at radius 2 is 1.81 bits per heavy atom. The first-order valence-corrected chi connectivity index (χ1v) is 9.40. The normalized spacial score (nSPS) is 10.4. The van der Waals surface area contributed by atoms with E-state index in [1.165, 1.54) is 0 Å². The Labute approximate surface area is 164 Å². The van der Waals surface area contributed by atoms with Gasteiger partial charge in [-0.2, -0.15) is 0 Å². The summed E-state index contributed by atoms with van der Waals surface area (Å²) in [5, 5.41) is 8.29. The van der Waals surface area contributed by atoms with Gasteiger partial charge in [-0.05, 0) is 59.7 Å². The Morgan fingerprint density at radius 3 is 2.63 bits per heavy atom. The maximum Gasteiger partial charge on any atom is 0.257 e. The van der Waals surface area contributed by atoms with Crippen molar-refractivity contribution in [2.45, 2.75) is 19.8 Å². The molecular formula is C22H22N2O2S. The predicted molar refractivity (Wildman–Crippen MR) is 114 cm³/mol. The molecule has 3 aromatic rings. The summed E-state index contributed by atoms with van der Waals surface area (Å²) in [5.41, 5.74) is 1.34. The summed E-state index contributed by atoms with van der Waals surface area (Å²) >= 11 is 5.28. The standard InChI is InChI=1S/C22H22N2O2S/c1-2-3-13-26-20-10-6-9-18(15-20)21(25)24-22(27)23-19-12-11-16-7-4-5-8-17(16)14-19/h4-12,14-15H,2-3,13H2,1H3,(H2,23,24,25,27). The molecule has 0 aliphatic heterocycles. The van der Waals surface area contributed by atoms with Crippen LogP contribution >= 0.6 is 12.2 Å². The van der Waals surface area contributed by atoms with Gasteiger partial charge < -0.3 is 10.1 Å². The molecule has 138 valence electrons. The molecule has 4 nitrogen and oxygen atoms in total. The molecule has 2 N–H and O–H groups in total. The van der Waals surface area contributed by atoms with Crippen LogP contribution in [0.1, 0.15) is 30.1 Å². The van der Waals surface area contributed by atoms with Crippen molar-refractivity contribution in [1.29, 1.82) is 0 Å². The molecule has 1 amide bonds. The minimum atomic E-state index is -0.269. The third kappa shape index (κ3) is 5.28. The van der Waals surface area contributed by atoms with E-state index in [-0.39, 0.29) is 11.0 Å². The van der Waals surface area contributed by atoms with E-state index in [0.717, 1.165) is 29.3 Å². The van der Waals surface area contributed by atoms with Crippen LogP contribution < -0.4 is 15.4 Å². The van der Waals surface area contributed by atoms with Crippen molar-refractivity contribution >= 4 is 39.7 Å². The van der Waals surface area contributed by atoms with Crippen LogP contribution in [0.4, 0.5) is 5.69 Å². The summed E-state index contributed by atoms with van der Waals surface area (Å²) in [7, 11) is 0. The fraction of sp³-hybridized carbons (Fsp3) is 0.182. The molecule has 0 unspecified atom stereocenters. The van der Waals surface area contributed by atoms with Crippen LogP contribution in [0.3, 0.4) is 0 Å². The second-order valence-corrected chi connectivity index (χ2v) is 6.61. The van der Waals surface area contributed by atoms with Crippen LogP contribution in [0.2, 0.25) is 0 Å². The van der Waals surface area contributed by atoms with Crippen LogP contribution in [0.15, 0.2) is 66.7 Å². The number of carbonyl (C=O) groups is 1. The summed E-state index contributed by atoms with van der Waals surface area (Å²) in [4.78, 5) is 12.4. The summed E-state index contributed by atoms with van der Waals surface area (Å²) in [6, 6.07) is 21.1. The maximum absolute atomic E-state index is 12.4. The number of rotatable bonds is 6. The highest BCUT2D eigenvalue weighted by Crippen LogP contribution is 2.19. The molecular weight excluding hydrogens is 356 g/mol. The van der Waals surface area contributed by atoms with Gasteiger partial charge in [0.2, 0.25) is 0 Å². The van der Waals surface area contributed by atoms with E-state index in [4.69, 9.17) is 17.0 Å². The van der Waals surface area contributed by atoms with E-state index in [9.17, 15) is 4.79 Å². The SMILES string of the molecule is CCCCOc1cccc(C(=O)NC(=S)Nc2ccc3ccccc3c2)c1. The molecule has 27 heavy (non-hydrogen) atoms. The lowest BCUT2D eigenvalue weighted by Gasteiger charge is -2.11. The number of ether oxygens (including phenoxy) is 1. The molecule has 0 radical (unpaired) electrons. The number of carbonyl (C=O) groups excluding carboxylic acids is 1. The number of thiocarbonyl (C=S) groups is 1. The van der Waals surface area contributed by atoms with Crippen molar-refractivity contribution in [3.63, 3.8) is 0 Å². The molecule has 0 aliphatic rings. The fourth-order valence-corrected chi connectivity index (χ4v) is 2.88. The van der Waals surface area contributed by atoms with Crippen LogP contribution in [0.5, 0.6) is 5.75 Å². The van der Waals surface area contributed by atoms with Crippen molar-refractivity contribution < 1.29 is 9.53 Å². The van der Waals surface area contributed by atoms with Gasteiger partial charge in [-0.1, -0.05) is 49.7 Å². The average Bonchev–Trinajstić information content (AvgIpc) is 2.68. The highest BCUT2D eigenvalue weighted by atomic mass is 32.1. The van der Waals surface area contributed by atoms with Crippen LogP contribution in [0.25, 0.3) is 10.8 Å². The quantitative estimate of drug-likeness (QED) is 0.460. The topological polar surface area (TPSA) is 50.4 Å². The molecule has 3 aromatic carbocycles. The molecule has 0 aromatic heterocycles. The van der Waals surface area contributed by atoms with Crippen molar-refractivity contribution in [3.05, 3.63) is 72.3 Å². The van der Waals surface area contributed by atoms with Gasteiger partial charge in [0.25, 0.3) is 5.91 Å². The van der Waals surface area contributed by atoms with Crippen molar-refractivity contribution in [3.8, 4) is 5.75 Å². The van der Waals surface area contributed by atoms with Crippen molar-refractivity contribution in [2.24, 2.45) is 0 Å². The predicted octanol–water partition coefficient (Wildman–Crippen LogP) is 5.15. The molecule has 0 bridgehead atoms. The van der Waals surface area contributed by atoms with Crippen LogP contribution in [-0.4, -0.2) is 17.6 Å². The van der Waals surface area contributed by atoms with Crippen molar-refractivity contribution in [2.75, 3.05) is 11.9 Å². The first-order valence-electron chi connectivity index (χ1n) is 8.99. The molecule has 3 rings (SSSR count). The van der Waals surface area contributed by atoms with Gasteiger partial charge in [0.05, 0.1) is 6.61 Å². The number of fused-ring (bicyclic) bond motifs is 1. The molecule has 0 saturated heterocycles. The van der Waals surface area contributed by atoms with E-state index in [0.29, 0.717) is 17.9 Å². The number of benzene rings is 3. The fourth-order valence-electron chi connectivity index (χ4n) is 2.67. The number of anilines is 1. The monoisotopic (exact) mass is 378 g/mol. The Balaban J connectivity index is 1.61. The van der Waals surface area contributed by atoms with Gasteiger partial charge in [0.1, 0.15) is 5.75 Å². The number of hydrogen-bond acceptors (Lipinski definition) is 3. The summed E-state index contributed by atoms with van der Waals surface area (Å²) < 4.78 is 5.65. The zero-order valence-electron chi connectivity index (χ0n) is 15.2. The van der Waals surface area contributed by atoms with Gasteiger partial charge in [-0.3, -0.25) is 10.1 Å². The molecule has 0 spiro atoms. The molecule has 0 fully saturated rings. The van der Waals surface area contributed by atoms with E-state index in [2.05, 4.69) is 23.6 Å². The summed E-state index contributed by atoms with van der Waals surface area (Å²) in [5.74, 6) is 0.415. The number of nitrogens with one attached hydrogen (secondary N) is 2. The first-order chi connectivity index (χ1) is 13.2. The molecule has 0 saturated carbocycles. The summed E-state index contributed by atoms with van der Waals surface area (Å²) in [6.07, 6.45) is 2.05. The summed E-state index contributed by atoms with van der Waals surface area (Å²) in [6.45, 7) is 2.75. The zero-order valence-corrected chi connectivity index (χ0v) is 16.0. The third-order valence-electron chi connectivity index (χ3n) is 4.10. The van der Waals surface area contributed by atoms with Crippen LogP contribution in [-0.2, 0) is 0 Å². The zero-order chi connectivity index (χ0) is 19.1. The van der Waals surface area contributed by atoms with E-state index in [1.54, 1.807) is 18.2 Å². The van der Waals surface area contributed by atoms with Crippen molar-refractivity contribution in [1.82, 2.24) is 5.32 Å². The lowest BCUT2D eigenvalue weighted by atomic mass is 10.1. The lowest BCUT2D eigenvalue weighted by molar-refractivity contribution is 0.0977. The molecule has 5 heteroatoms. The number of hydrogen-bond donors (Lipinski definition) is 2. The smallest absolute Gasteiger partial charge is 0.257 e. The highest BCUT2D eigenvalue weighted by Gasteiger charge is 2.09. The van der Waals surface area contributed by atoms with E-state index in [1.807, 2.05) is 42.5 Å². The Bertz CT molecular complexity index is 956.